The zero-order valence-corrected chi connectivity index (χ0v) is 14.1. The van der Waals surface area contributed by atoms with E-state index in [4.69, 9.17) is 5.73 Å². The first kappa shape index (κ1) is 17.0. The van der Waals surface area contributed by atoms with Crippen molar-refractivity contribution in [1.82, 2.24) is 9.80 Å². The number of carbonyl (C=O) groups is 2. The minimum Gasteiger partial charge on any atom is -0.369 e. The summed E-state index contributed by atoms with van der Waals surface area (Å²) in [5.41, 5.74) is 5.30. The van der Waals surface area contributed by atoms with Crippen LogP contribution in [0.15, 0.2) is 17.5 Å². The molecule has 0 spiro atoms. The first-order chi connectivity index (χ1) is 10.5. The molecule has 5 nitrogen and oxygen atoms in total. The second kappa shape index (κ2) is 7.74. The first-order valence-corrected chi connectivity index (χ1v) is 8.69. The average molecular weight is 323 g/mol. The maximum atomic E-state index is 12.7. The fourth-order valence-electron chi connectivity index (χ4n) is 3.05. The lowest BCUT2D eigenvalue weighted by Gasteiger charge is -2.28. The van der Waals surface area contributed by atoms with E-state index in [1.807, 2.05) is 15.9 Å². The van der Waals surface area contributed by atoms with E-state index in [1.165, 1.54) is 4.88 Å². The topological polar surface area (TPSA) is 66.6 Å². The highest BCUT2D eigenvalue weighted by Gasteiger charge is 2.31. The lowest BCUT2D eigenvalue weighted by atomic mass is 10.2. The predicted molar refractivity (Wildman–Crippen MR) is 88.5 cm³/mol. The molecule has 2 N–H and O–H groups in total. The molecule has 1 aliphatic heterocycles. The van der Waals surface area contributed by atoms with Crippen LogP contribution in [0.25, 0.3) is 0 Å². The number of thiophene rings is 1. The monoisotopic (exact) mass is 323 g/mol. The summed E-state index contributed by atoms with van der Waals surface area (Å²) in [6.07, 6.45) is 2.06. The van der Waals surface area contributed by atoms with Crippen LogP contribution in [-0.2, 0) is 9.59 Å². The Hall–Kier alpha value is -1.40. The molecule has 1 aromatic heterocycles. The fraction of sp³-hybridized carbons (Fsp3) is 0.625. The van der Waals surface area contributed by atoms with E-state index in [-0.39, 0.29) is 30.9 Å². The van der Waals surface area contributed by atoms with Crippen LogP contribution < -0.4 is 5.73 Å². The molecule has 0 radical (unpaired) electrons. The Morgan fingerprint density at radius 1 is 1.45 bits per heavy atom. The van der Waals surface area contributed by atoms with Crippen molar-refractivity contribution in [2.45, 2.75) is 32.7 Å². The first-order valence-electron chi connectivity index (χ1n) is 7.81. The molecule has 2 heterocycles. The van der Waals surface area contributed by atoms with E-state index in [0.717, 1.165) is 19.4 Å². The van der Waals surface area contributed by atoms with Crippen molar-refractivity contribution >= 4 is 23.2 Å². The molecule has 0 bridgehead atoms. The van der Waals surface area contributed by atoms with Crippen LogP contribution in [0.4, 0.5) is 0 Å². The molecule has 0 aliphatic carbocycles. The van der Waals surface area contributed by atoms with Gasteiger partial charge in [-0.3, -0.25) is 14.5 Å². The number of hydrogen-bond acceptors (Lipinski definition) is 4. The van der Waals surface area contributed by atoms with Gasteiger partial charge in [-0.25, -0.2) is 0 Å². The number of amides is 2. The molecular weight excluding hydrogens is 298 g/mol. The predicted octanol–water partition coefficient (Wildman–Crippen LogP) is 1.85. The van der Waals surface area contributed by atoms with Gasteiger partial charge in [-0.2, -0.15) is 0 Å². The van der Waals surface area contributed by atoms with E-state index in [9.17, 15) is 9.59 Å². The van der Waals surface area contributed by atoms with Crippen LogP contribution in [0.1, 0.15) is 37.6 Å². The molecule has 1 aromatic rings. The van der Waals surface area contributed by atoms with E-state index in [0.29, 0.717) is 12.5 Å². The Kier molecular flexibility index (Phi) is 5.97. The van der Waals surface area contributed by atoms with E-state index < -0.39 is 0 Å². The number of rotatable bonds is 7. The number of primary amides is 1. The van der Waals surface area contributed by atoms with E-state index in [2.05, 4.69) is 25.3 Å². The van der Waals surface area contributed by atoms with Gasteiger partial charge >= 0.3 is 0 Å². The third kappa shape index (κ3) is 4.55. The number of nitrogens with zero attached hydrogens (tertiary/aromatic N) is 2. The molecular formula is C16H25N3O2S. The lowest BCUT2D eigenvalue weighted by Crippen LogP contribution is -2.44. The second-order valence-electron chi connectivity index (χ2n) is 6.29. The zero-order chi connectivity index (χ0) is 16.1. The highest BCUT2D eigenvalue weighted by atomic mass is 32.1. The van der Waals surface area contributed by atoms with Crippen molar-refractivity contribution in [1.29, 1.82) is 0 Å². The Morgan fingerprint density at radius 2 is 2.23 bits per heavy atom. The average Bonchev–Trinajstić information content (AvgIpc) is 3.08. The van der Waals surface area contributed by atoms with Gasteiger partial charge in [0.2, 0.25) is 11.8 Å². The van der Waals surface area contributed by atoms with Gasteiger partial charge in [0.1, 0.15) is 0 Å². The molecule has 2 rings (SSSR count). The molecule has 1 fully saturated rings. The number of hydrogen-bond donors (Lipinski definition) is 1. The number of nitrogens with two attached hydrogens (primary N) is 1. The van der Waals surface area contributed by atoms with Gasteiger partial charge in [-0.05, 0) is 30.2 Å². The third-order valence-electron chi connectivity index (χ3n) is 3.81. The number of carbonyl (C=O) groups excluding carboxylic acids is 2. The van der Waals surface area contributed by atoms with Crippen molar-refractivity contribution in [3.8, 4) is 0 Å². The summed E-state index contributed by atoms with van der Waals surface area (Å²) < 4.78 is 0. The van der Waals surface area contributed by atoms with Gasteiger partial charge in [0.15, 0.2) is 0 Å². The molecule has 0 saturated carbocycles. The molecule has 0 aromatic carbocycles. The summed E-state index contributed by atoms with van der Waals surface area (Å²) in [5.74, 6) is 0.0984. The Labute approximate surface area is 136 Å². The van der Waals surface area contributed by atoms with Crippen LogP contribution in [0, 0.1) is 5.92 Å². The summed E-state index contributed by atoms with van der Waals surface area (Å²) in [7, 11) is 0. The Bertz CT molecular complexity index is 501. The van der Waals surface area contributed by atoms with Gasteiger partial charge in [0.05, 0.1) is 19.1 Å². The normalized spacial score (nSPS) is 18.4. The maximum Gasteiger partial charge on any atom is 0.237 e. The fourth-order valence-corrected chi connectivity index (χ4v) is 3.92. The SMILES string of the molecule is CC(C)CN(CC(N)=O)CC(=O)N1CCC[C@H]1c1cccs1. The van der Waals surface area contributed by atoms with Crippen molar-refractivity contribution < 1.29 is 9.59 Å². The summed E-state index contributed by atoms with van der Waals surface area (Å²) in [6.45, 7) is 6.05. The highest BCUT2D eigenvalue weighted by Crippen LogP contribution is 2.34. The van der Waals surface area contributed by atoms with Crippen LogP contribution in [0.2, 0.25) is 0 Å². The molecule has 1 saturated heterocycles. The van der Waals surface area contributed by atoms with Crippen LogP contribution in [0.3, 0.4) is 0 Å². The van der Waals surface area contributed by atoms with Gasteiger partial charge in [0, 0.05) is 18.0 Å². The van der Waals surface area contributed by atoms with Crippen molar-refractivity contribution in [3.05, 3.63) is 22.4 Å². The Balaban J connectivity index is 2.00. The van der Waals surface area contributed by atoms with Gasteiger partial charge in [0.25, 0.3) is 0 Å². The molecule has 0 unspecified atom stereocenters. The van der Waals surface area contributed by atoms with Crippen molar-refractivity contribution in [2.75, 3.05) is 26.2 Å². The van der Waals surface area contributed by atoms with Crippen LogP contribution >= 0.6 is 11.3 Å². The standard InChI is InChI=1S/C16H25N3O2S/c1-12(2)9-18(10-15(17)20)11-16(21)19-7-3-5-13(19)14-6-4-8-22-14/h4,6,8,12-13H,3,5,7,9-11H2,1-2H3,(H2,17,20)/t13-/m0/s1. The van der Waals surface area contributed by atoms with E-state index >= 15 is 0 Å². The molecule has 1 atom stereocenters. The summed E-state index contributed by atoms with van der Waals surface area (Å²) >= 11 is 1.70. The highest BCUT2D eigenvalue weighted by molar-refractivity contribution is 7.10. The minimum absolute atomic E-state index is 0.0952. The molecule has 1 aliphatic rings. The molecule has 122 valence electrons. The third-order valence-corrected chi connectivity index (χ3v) is 4.78. The molecule has 22 heavy (non-hydrogen) atoms. The Morgan fingerprint density at radius 3 is 2.82 bits per heavy atom. The lowest BCUT2D eigenvalue weighted by molar-refractivity contribution is -0.133. The largest absolute Gasteiger partial charge is 0.369 e. The molecule has 2 amide bonds. The summed E-state index contributed by atoms with van der Waals surface area (Å²) in [5, 5.41) is 2.05. The van der Waals surface area contributed by atoms with Crippen LogP contribution in [-0.4, -0.2) is 47.8 Å². The molecule has 6 heteroatoms. The maximum absolute atomic E-state index is 12.7. The minimum atomic E-state index is -0.385. The van der Waals surface area contributed by atoms with Gasteiger partial charge in [-0.15, -0.1) is 11.3 Å². The summed E-state index contributed by atoms with van der Waals surface area (Å²) in [6, 6.07) is 4.32. The van der Waals surface area contributed by atoms with E-state index in [1.54, 1.807) is 11.3 Å². The van der Waals surface area contributed by atoms with Crippen LogP contribution in [0.5, 0.6) is 0 Å². The number of likely N-dealkylation sites (tertiary alicyclic amines) is 1. The zero-order valence-electron chi connectivity index (χ0n) is 13.3. The summed E-state index contributed by atoms with van der Waals surface area (Å²) in [4.78, 5) is 28.9. The second-order valence-corrected chi connectivity index (χ2v) is 7.27. The smallest absolute Gasteiger partial charge is 0.237 e. The van der Waals surface area contributed by atoms with Crippen molar-refractivity contribution in [3.63, 3.8) is 0 Å². The van der Waals surface area contributed by atoms with Gasteiger partial charge < -0.3 is 10.6 Å². The quantitative estimate of drug-likeness (QED) is 0.833. The van der Waals surface area contributed by atoms with Crippen molar-refractivity contribution in [2.24, 2.45) is 11.7 Å². The van der Waals surface area contributed by atoms with Gasteiger partial charge in [-0.1, -0.05) is 19.9 Å².